The van der Waals surface area contributed by atoms with Crippen LogP contribution in [0.2, 0.25) is 0 Å². The van der Waals surface area contributed by atoms with Crippen LogP contribution in [0.3, 0.4) is 0 Å². The van der Waals surface area contributed by atoms with Crippen LogP contribution in [0.25, 0.3) is 0 Å². The average molecular weight is 281 g/mol. The van der Waals surface area contributed by atoms with Gasteiger partial charge in [-0.3, -0.25) is 0 Å². The first kappa shape index (κ1) is 14.0. The van der Waals surface area contributed by atoms with E-state index in [2.05, 4.69) is 61.6 Å². The third-order valence-corrected chi connectivity index (χ3v) is 4.47. The van der Waals surface area contributed by atoms with Crippen LogP contribution in [0.4, 0.5) is 5.69 Å². The first-order chi connectivity index (χ1) is 10.1. The molecule has 0 heterocycles. The Morgan fingerprint density at radius 1 is 1.14 bits per heavy atom. The normalized spacial score (nSPS) is 19.1. The van der Waals surface area contributed by atoms with Crippen molar-refractivity contribution in [2.75, 3.05) is 12.4 Å². The van der Waals surface area contributed by atoms with Gasteiger partial charge in [0.15, 0.2) is 0 Å². The molecule has 2 heteroatoms. The number of ether oxygens (including phenoxy) is 1. The number of hydrogen-bond acceptors (Lipinski definition) is 2. The molecule has 2 nitrogen and oxygen atoms in total. The van der Waals surface area contributed by atoms with Gasteiger partial charge in [-0.1, -0.05) is 44.2 Å². The minimum Gasteiger partial charge on any atom is -0.497 e. The topological polar surface area (TPSA) is 21.3 Å². The maximum Gasteiger partial charge on any atom is 0.119 e. The van der Waals surface area contributed by atoms with Gasteiger partial charge in [0.05, 0.1) is 7.11 Å². The van der Waals surface area contributed by atoms with Gasteiger partial charge in [0, 0.05) is 12.2 Å². The zero-order chi connectivity index (χ0) is 14.9. The van der Waals surface area contributed by atoms with Gasteiger partial charge in [-0.15, -0.1) is 0 Å². The van der Waals surface area contributed by atoms with E-state index in [9.17, 15) is 0 Å². The van der Waals surface area contributed by atoms with Crippen LogP contribution < -0.4 is 10.1 Å². The van der Waals surface area contributed by atoms with Crippen LogP contribution in [-0.2, 0) is 6.54 Å². The Morgan fingerprint density at radius 2 is 1.86 bits per heavy atom. The summed E-state index contributed by atoms with van der Waals surface area (Å²) < 4.78 is 5.39. The summed E-state index contributed by atoms with van der Waals surface area (Å²) in [4.78, 5) is 0. The molecule has 2 aromatic rings. The van der Waals surface area contributed by atoms with Crippen LogP contribution in [0.5, 0.6) is 5.75 Å². The summed E-state index contributed by atoms with van der Waals surface area (Å²) in [6.45, 7) is 5.52. The number of nitrogens with one attached hydrogen (secondary N) is 1. The van der Waals surface area contributed by atoms with Crippen LogP contribution in [-0.4, -0.2) is 7.11 Å². The number of anilines is 1. The van der Waals surface area contributed by atoms with E-state index in [1.165, 1.54) is 23.2 Å². The van der Waals surface area contributed by atoms with Gasteiger partial charge < -0.3 is 10.1 Å². The number of methoxy groups -OCH3 is 1. The Bertz CT molecular complexity index is 619. The highest BCUT2D eigenvalue weighted by Gasteiger charge is 2.47. The van der Waals surface area contributed by atoms with Gasteiger partial charge in [0.2, 0.25) is 0 Å². The zero-order valence-electron chi connectivity index (χ0n) is 13.0. The first-order valence-electron chi connectivity index (χ1n) is 7.56. The van der Waals surface area contributed by atoms with Crippen molar-refractivity contribution in [1.29, 1.82) is 0 Å². The second-order valence-electron chi connectivity index (χ2n) is 6.54. The molecule has 21 heavy (non-hydrogen) atoms. The number of benzene rings is 2. The zero-order valence-corrected chi connectivity index (χ0v) is 13.0. The molecule has 1 aliphatic rings. The van der Waals surface area contributed by atoms with Gasteiger partial charge in [0.25, 0.3) is 0 Å². The number of rotatable bonds is 5. The maximum atomic E-state index is 5.39. The summed E-state index contributed by atoms with van der Waals surface area (Å²) in [6.07, 6.45) is 1.25. The van der Waals surface area contributed by atoms with E-state index in [1.807, 2.05) is 6.07 Å². The van der Waals surface area contributed by atoms with Gasteiger partial charge >= 0.3 is 0 Å². The van der Waals surface area contributed by atoms with Crippen molar-refractivity contribution in [3.63, 3.8) is 0 Å². The molecule has 0 amide bonds. The Morgan fingerprint density at radius 3 is 2.48 bits per heavy atom. The Labute approximate surface area is 127 Å². The number of hydrogen-bond donors (Lipinski definition) is 1. The fourth-order valence-electron chi connectivity index (χ4n) is 2.91. The van der Waals surface area contributed by atoms with Crippen molar-refractivity contribution in [3.05, 3.63) is 59.7 Å². The quantitative estimate of drug-likeness (QED) is 0.848. The van der Waals surface area contributed by atoms with Crippen molar-refractivity contribution in [2.24, 2.45) is 5.41 Å². The van der Waals surface area contributed by atoms with Crippen molar-refractivity contribution < 1.29 is 4.74 Å². The molecule has 2 aromatic carbocycles. The van der Waals surface area contributed by atoms with Crippen LogP contribution in [0, 0.1) is 5.41 Å². The smallest absolute Gasteiger partial charge is 0.119 e. The molecule has 1 atom stereocenters. The van der Waals surface area contributed by atoms with E-state index >= 15 is 0 Å². The highest BCUT2D eigenvalue weighted by atomic mass is 16.5. The summed E-state index contributed by atoms with van der Waals surface area (Å²) >= 11 is 0. The SMILES string of the molecule is COc1ccc(NCc2ccccc2)c(C2CC2(C)C)c1. The second kappa shape index (κ2) is 5.44. The molecular formula is C19H23NO. The minimum atomic E-state index is 0.412. The Balaban J connectivity index is 1.81. The molecule has 110 valence electrons. The standard InChI is InChI=1S/C19H23NO/c1-19(2)12-17(19)16-11-15(21-3)9-10-18(16)20-13-14-7-5-4-6-8-14/h4-11,17,20H,12-13H2,1-3H3. The highest BCUT2D eigenvalue weighted by molar-refractivity contribution is 5.58. The monoisotopic (exact) mass is 281 g/mol. The predicted octanol–water partition coefficient (Wildman–Crippen LogP) is 4.82. The molecule has 0 radical (unpaired) electrons. The lowest BCUT2D eigenvalue weighted by Gasteiger charge is -2.15. The van der Waals surface area contributed by atoms with Crippen LogP contribution >= 0.6 is 0 Å². The molecule has 3 rings (SSSR count). The van der Waals surface area contributed by atoms with Crippen molar-refractivity contribution in [1.82, 2.24) is 0 Å². The highest BCUT2D eigenvalue weighted by Crippen LogP contribution is 2.60. The molecule has 0 saturated heterocycles. The summed E-state index contributed by atoms with van der Waals surface area (Å²) in [5.41, 5.74) is 4.33. The average Bonchev–Trinajstić information content (AvgIpc) is 3.14. The van der Waals surface area contributed by atoms with E-state index in [1.54, 1.807) is 7.11 Å². The Hall–Kier alpha value is -1.96. The molecule has 1 saturated carbocycles. The second-order valence-corrected chi connectivity index (χ2v) is 6.54. The van der Waals surface area contributed by atoms with E-state index in [4.69, 9.17) is 4.74 Å². The van der Waals surface area contributed by atoms with E-state index in [0.717, 1.165) is 12.3 Å². The largest absolute Gasteiger partial charge is 0.497 e. The van der Waals surface area contributed by atoms with Crippen molar-refractivity contribution >= 4 is 5.69 Å². The molecule has 1 N–H and O–H groups in total. The molecular weight excluding hydrogens is 258 g/mol. The van der Waals surface area contributed by atoms with Gasteiger partial charge in [-0.2, -0.15) is 0 Å². The molecule has 0 aliphatic heterocycles. The molecule has 0 bridgehead atoms. The third-order valence-electron chi connectivity index (χ3n) is 4.47. The lowest BCUT2D eigenvalue weighted by molar-refractivity contribution is 0.414. The van der Waals surface area contributed by atoms with E-state index < -0.39 is 0 Å². The van der Waals surface area contributed by atoms with E-state index in [-0.39, 0.29) is 0 Å². The fourth-order valence-corrected chi connectivity index (χ4v) is 2.91. The predicted molar refractivity (Wildman–Crippen MR) is 87.9 cm³/mol. The maximum absolute atomic E-state index is 5.39. The Kier molecular flexibility index (Phi) is 3.62. The van der Waals surface area contributed by atoms with Crippen LogP contribution in [0.1, 0.15) is 37.3 Å². The summed E-state index contributed by atoms with van der Waals surface area (Å²) in [7, 11) is 1.73. The molecule has 1 unspecified atom stereocenters. The third kappa shape index (κ3) is 3.05. The van der Waals surface area contributed by atoms with Crippen molar-refractivity contribution in [3.8, 4) is 5.75 Å². The molecule has 0 spiro atoms. The first-order valence-corrected chi connectivity index (χ1v) is 7.56. The van der Waals surface area contributed by atoms with E-state index in [0.29, 0.717) is 11.3 Å². The van der Waals surface area contributed by atoms with Crippen molar-refractivity contribution in [2.45, 2.75) is 32.7 Å². The molecule has 1 fully saturated rings. The summed E-state index contributed by atoms with van der Waals surface area (Å²) in [6, 6.07) is 16.9. The van der Waals surface area contributed by atoms with Gasteiger partial charge in [-0.05, 0) is 47.1 Å². The lowest BCUT2D eigenvalue weighted by Crippen LogP contribution is -2.03. The molecule has 0 aromatic heterocycles. The lowest BCUT2D eigenvalue weighted by atomic mass is 10.0. The minimum absolute atomic E-state index is 0.412. The fraction of sp³-hybridized carbons (Fsp3) is 0.368. The van der Waals surface area contributed by atoms with Crippen LogP contribution in [0.15, 0.2) is 48.5 Å². The summed E-state index contributed by atoms with van der Waals surface area (Å²) in [5, 5.41) is 3.58. The van der Waals surface area contributed by atoms with Gasteiger partial charge in [-0.25, -0.2) is 0 Å². The van der Waals surface area contributed by atoms with Gasteiger partial charge in [0.1, 0.15) is 5.75 Å². The summed E-state index contributed by atoms with van der Waals surface area (Å²) in [5.74, 6) is 1.57. The molecule has 1 aliphatic carbocycles.